The van der Waals surface area contributed by atoms with Gasteiger partial charge in [-0.05, 0) is 12.8 Å². The first-order valence-electron chi connectivity index (χ1n) is 5.98. The Bertz CT molecular complexity index is 369. The number of amides is 1. The second-order valence-electron chi connectivity index (χ2n) is 4.30. The average Bonchev–Trinajstić information content (AvgIpc) is 2.37. The fourth-order valence-electron chi connectivity index (χ4n) is 2.15. The van der Waals surface area contributed by atoms with E-state index in [2.05, 4.69) is 13.2 Å². The molecule has 0 N–H and O–H groups in total. The molecule has 0 saturated carbocycles. The predicted octanol–water partition coefficient (Wildman–Crippen LogP) is -2.48. The molecule has 5 heteroatoms. The van der Waals surface area contributed by atoms with Crippen molar-refractivity contribution in [3.05, 3.63) is 37.5 Å². The van der Waals surface area contributed by atoms with Gasteiger partial charge in [-0.15, -0.1) is 13.2 Å². The van der Waals surface area contributed by atoms with Crippen molar-refractivity contribution in [3.63, 3.8) is 0 Å². The summed E-state index contributed by atoms with van der Waals surface area (Å²) < 4.78 is 0. The molecule has 19 heavy (non-hydrogen) atoms. The predicted molar refractivity (Wildman–Crippen MR) is 67.3 cm³/mol. The molecule has 0 heterocycles. The van der Waals surface area contributed by atoms with Crippen LogP contribution in [0.15, 0.2) is 37.5 Å². The average molecular weight is 271 g/mol. The molecule has 1 aliphatic carbocycles. The molecule has 0 unspecified atom stereocenters. The number of carboxylic acids is 1. The molecule has 0 fully saturated rings. The van der Waals surface area contributed by atoms with E-state index >= 15 is 0 Å². The van der Waals surface area contributed by atoms with E-state index < -0.39 is 17.8 Å². The van der Waals surface area contributed by atoms with E-state index in [0.717, 1.165) is 0 Å². The van der Waals surface area contributed by atoms with Gasteiger partial charge in [-0.25, -0.2) is 0 Å². The van der Waals surface area contributed by atoms with Crippen molar-refractivity contribution in [2.75, 3.05) is 13.1 Å². The van der Waals surface area contributed by atoms with Gasteiger partial charge in [0.1, 0.15) is 0 Å². The fraction of sp³-hybridized carbons (Fsp3) is 0.429. The normalized spacial score (nSPS) is 21.1. The van der Waals surface area contributed by atoms with Gasteiger partial charge in [0.05, 0.1) is 0 Å². The summed E-state index contributed by atoms with van der Waals surface area (Å²) in [6.45, 7) is 7.97. The first-order chi connectivity index (χ1) is 8.61. The first kappa shape index (κ1) is 18.2. The van der Waals surface area contributed by atoms with Crippen LogP contribution in [-0.2, 0) is 9.59 Å². The van der Waals surface area contributed by atoms with Gasteiger partial charge in [-0.3, -0.25) is 4.79 Å². The van der Waals surface area contributed by atoms with E-state index in [0.29, 0.717) is 25.9 Å². The SMILES string of the molecule is C=CCN(CC=C)C(=O)[C@@H]1CC=CC[C@H]1C(=O)[O-].[Na+]. The van der Waals surface area contributed by atoms with E-state index in [1.54, 1.807) is 23.1 Å². The van der Waals surface area contributed by atoms with Crippen LogP contribution < -0.4 is 34.7 Å². The van der Waals surface area contributed by atoms with Crippen molar-refractivity contribution in [2.24, 2.45) is 11.8 Å². The molecule has 2 atom stereocenters. The minimum absolute atomic E-state index is 0. The quantitative estimate of drug-likeness (QED) is 0.397. The second kappa shape index (κ2) is 9.13. The molecule has 0 aliphatic heterocycles. The number of rotatable bonds is 6. The molecule has 1 amide bonds. The standard InChI is InChI=1S/C14H19NO3.Na/c1-3-9-15(10-4-2)13(16)11-7-5-6-8-12(11)14(17)18;/h3-6,11-12H,1-2,7-10H2,(H,17,18);/q;+1/p-1/t11-,12-;/m1./s1. The summed E-state index contributed by atoms with van der Waals surface area (Å²) in [6.07, 6.45) is 7.68. The van der Waals surface area contributed by atoms with Gasteiger partial charge in [0.25, 0.3) is 0 Å². The monoisotopic (exact) mass is 271 g/mol. The van der Waals surface area contributed by atoms with Gasteiger partial charge in [0.2, 0.25) is 5.91 Å². The van der Waals surface area contributed by atoms with E-state index in [1.165, 1.54) is 0 Å². The summed E-state index contributed by atoms with van der Waals surface area (Å²) in [7, 11) is 0. The van der Waals surface area contributed by atoms with Crippen LogP contribution in [0.5, 0.6) is 0 Å². The van der Waals surface area contributed by atoms with Crippen molar-refractivity contribution < 1.29 is 44.3 Å². The number of hydrogen-bond donors (Lipinski definition) is 0. The van der Waals surface area contributed by atoms with E-state index in [4.69, 9.17) is 0 Å². The smallest absolute Gasteiger partial charge is 0.550 e. The molecule has 0 aromatic rings. The van der Waals surface area contributed by atoms with Crippen LogP contribution >= 0.6 is 0 Å². The second-order valence-corrected chi connectivity index (χ2v) is 4.30. The molecule has 0 bridgehead atoms. The molecular weight excluding hydrogens is 253 g/mol. The van der Waals surface area contributed by atoms with Crippen molar-refractivity contribution in [2.45, 2.75) is 12.8 Å². The van der Waals surface area contributed by atoms with Crippen LogP contribution in [0.4, 0.5) is 0 Å². The maximum Gasteiger partial charge on any atom is 1.00 e. The Hall–Kier alpha value is -0.840. The van der Waals surface area contributed by atoms with Crippen LogP contribution in [0, 0.1) is 11.8 Å². The van der Waals surface area contributed by atoms with Crippen molar-refractivity contribution in [3.8, 4) is 0 Å². The molecular formula is C14H18NNaO3. The molecule has 0 radical (unpaired) electrons. The molecule has 4 nitrogen and oxygen atoms in total. The number of carboxylic acid groups (broad SMARTS) is 1. The zero-order chi connectivity index (χ0) is 13.5. The third-order valence-electron chi connectivity index (χ3n) is 3.06. The number of nitrogens with zero attached hydrogens (tertiary/aromatic N) is 1. The van der Waals surface area contributed by atoms with Crippen LogP contribution in [0.3, 0.4) is 0 Å². The summed E-state index contributed by atoms with van der Waals surface area (Å²) in [4.78, 5) is 24.9. The van der Waals surface area contributed by atoms with Gasteiger partial charge in [0.15, 0.2) is 0 Å². The maximum atomic E-state index is 12.3. The Morgan fingerprint density at radius 1 is 1.16 bits per heavy atom. The van der Waals surface area contributed by atoms with Crippen LogP contribution in [0.25, 0.3) is 0 Å². The Morgan fingerprint density at radius 2 is 1.63 bits per heavy atom. The Morgan fingerprint density at radius 3 is 2.05 bits per heavy atom. The molecule has 0 aromatic heterocycles. The topological polar surface area (TPSA) is 60.4 Å². The van der Waals surface area contributed by atoms with Gasteiger partial charge in [0, 0.05) is 30.9 Å². The fourth-order valence-corrected chi connectivity index (χ4v) is 2.15. The number of aliphatic carboxylic acids is 1. The molecule has 0 spiro atoms. The molecule has 1 aliphatic rings. The van der Waals surface area contributed by atoms with E-state index in [-0.39, 0.29) is 35.5 Å². The zero-order valence-corrected chi connectivity index (χ0v) is 13.4. The van der Waals surface area contributed by atoms with Crippen LogP contribution in [-0.4, -0.2) is 29.9 Å². The summed E-state index contributed by atoms with van der Waals surface area (Å²) >= 11 is 0. The van der Waals surface area contributed by atoms with Gasteiger partial charge < -0.3 is 14.8 Å². The van der Waals surface area contributed by atoms with Crippen molar-refractivity contribution in [1.29, 1.82) is 0 Å². The minimum atomic E-state index is -1.16. The molecule has 1 rings (SSSR count). The Labute approximate surface area is 136 Å². The molecule has 98 valence electrons. The van der Waals surface area contributed by atoms with Gasteiger partial charge in [-0.2, -0.15) is 0 Å². The largest absolute Gasteiger partial charge is 1.00 e. The number of hydrogen-bond acceptors (Lipinski definition) is 3. The third-order valence-corrected chi connectivity index (χ3v) is 3.06. The molecule has 0 saturated heterocycles. The summed E-state index contributed by atoms with van der Waals surface area (Å²) in [6, 6.07) is 0. The number of carbonyl (C=O) groups is 2. The van der Waals surface area contributed by atoms with Gasteiger partial charge >= 0.3 is 29.6 Å². The van der Waals surface area contributed by atoms with Crippen molar-refractivity contribution in [1.82, 2.24) is 4.90 Å². The van der Waals surface area contributed by atoms with Crippen molar-refractivity contribution >= 4 is 11.9 Å². The number of carbonyl (C=O) groups excluding carboxylic acids is 2. The third kappa shape index (κ3) is 4.97. The number of allylic oxidation sites excluding steroid dienone is 2. The van der Waals surface area contributed by atoms with E-state index in [1.807, 2.05) is 6.08 Å². The molecule has 0 aromatic carbocycles. The van der Waals surface area contributed by atoms with Crippen LogP contribution in [0.2, 0.25) is 0 Å². The first-order valence-corrected chi connectivity index (χ1v) is 5.98. The zero-order valence-electron chi connectivity index (χ0n) is 11.4. The Balaban J connectivity index is 0.00000324. The maximum absolute atomic E-state index is 12.3. The van der Waals surface area contributed by atoms with Crippen LogP contribution in [0.1, 0.15) is 12.8 Å². The summed E-state index contributed by atoms with van der Waals surface area (Å²) in [5.41, 5.74) is 0. The minimum Gasteiger partial charge on any atom is -0.550 e. The summed E-state index contributed by atoms with van der Waals surface area (Å²) in [5, 5.41) is 11.1. The Kier molecular flexibility index (Phi) is 8.72. The van der Waals surface area contributed by atoms with Gasteiger partial charge in [-0.1, -0.05) is 24.3 Å². The summed E-state index contributed by atoms with van der Waals surface area (Å²) in [5.74, 6) is -2.61. The van der Waals surface area contributed by atoms with E-state index in [9.17, 15) is 14.7 Å².